The second kappa shape index (κ2) is 6.70. The topological polar surface area (TPSA) is 63.9 Å². The van der Waals surface area contributed by atoms with E-state index < -0.39 is 0 Å². The summed E-state index contributed by atoms with van der Waals surface area (Å²) in [6, 6.07) is 7.32. The Morgan fingerprint density at radius 3 is 2.74 bits per heavy atom. The predicted octanol–water partition coefficient (Wildman–Crippen LogP) is 2.42. The zero-order chi connectivity index (χ0) is 16.2. The van der Waals surface area contributed by atoms with Crippen molar-refractivity contribution < 1.29 is 4.79 Å². The van der Waals surface area contributed by atoms with Crippen LogP contribution in [0, 0.1) is 6.92 Å². The van der Waals surface area contributed by atoms with Gasteiger partial charge in [0.15, 0.2) is 0 Å². The van der Waals surface area contributed by atoms with E-state index >= 15 is 0 Å². The monoisotopic (exact) mass is 327 g/mol. The minimum absolute atomic E-state index is 0.121. The Balaban J connectivity index is 1.85. The van der Waals surface area contributed by atoms with Gasteiger partial charge in [-0.2, -0.15) is 5.10 Å². The lowest BCUT2D eigenvalue weighted by molar-refractivity contribution is 0.0721. The van der Waals surface area contributed by atoms with Crippen molar-refractivity contribution in [2.24, 2.45) is 7.05 Å². The molecule has 3 aromatic heterocycles. The highest BCUT2D eigenvalue weighted by Gasteiger charge is 2.20. The first-order valence-corrected chi connectivity index (χ1v) is 8.09. The van der Waals surface area contributed by atoms with Crippen LogP contribution in [0.15, 0.2) is 42.0 Å². The molecule has 118 valence electrons. The normalized spacial score (nSPS) is 10.7. The average molecular weight is 327 g/mol. The largest absolute Gasteiger partial charge is 0.325 e. The number of thiazole rings is 1. The minimum atomic E-state index is -0.121. The van der Waals surface area contributed by atoms with Crippen molar-refractivity contribution in [3.63, 3.8) is 0 Å². The second-order valence-electron chi connectivity index (χ2n) is 5.20. The lowest BCUT2D eigenvalue weighted by Crippen LogP contribution is -2.31. The number of carbonyl (C=O) groups excluding carboxylic acids is 1. The molecule has 3 rings (SSSR count). The van der Waals surface area contributed by atoms with Crippen LogP contribution in [0.3, 0.4) is 0 Å². The molecule has 0 aliphatic rings. The fourth-order valence-electron chi connectivity index (χ4n) is 2.25. The number of hydrogen-bond donors (Lipinski definition) is 0. The standard InChI is InChI=1S/C16H17N5OS/c1-12-9-13(19-20(12)2)10-21(11-15-18-7-8-23-15)16(22)14-5-3-4-6-17-14/h3-9H,10-11H2,1-2H3. The lowest BCUT2D eigenvalue weighted by Gasteiger charge is -2.20. The Hall–Kier alpha value is -2.54. The maximum atomic E-state index is 12.8. The summed E-state index contributed by atoms with van der Waals surface area (Å²) in [5.74, 6) is -0.121. The highest BCUT2D eigenvalue weighted by molar-refractivity contribution is 7.09. The number of rotatable bonds is 5. The first-order valence-electron chi connectivity index (χ1n) is 7.21. The van der Waals surface area contributed by atoms with Crippen LogP contribution in [-0.4, -0.2) is 30.6 Å². The molecule has 0 fully saturated rings. The number of nitrogens with zero attached hydrogens (tertiary/aromatic N) is 5. The zero-order valence-electron chi connectivity index (χ0n) is 13.0. The molecule has 3 heterocycles. The van der Waals surface area contributed by atoms with E-state index in [2.05, 4.69) is 15.1 Å². The number of amides is 1. The summed E-state index contributed by atoms with van der Waals surface area (Å²) in [7, 11) is 1.89. The van der Waals surface area contributed by atoms with Crippen molar-refractivity contribution in [2.75, 3.05) is 0 Å². The Morgan fingerprint density at radius 1 is 1.26 bits per heavy atom. The summed E-state index contributed by atoms with van der Waals surface area (Å²) in [6.45, 7) is 2.86. The van der Waals surface area contributed by atoms with Crippen LogP contribution in [-0.2, 0) is 20.1 Å². The summed E-state index contributed by atoms with van der Waals surface area (Å²) in [5.41, 5.74) is 2.34. The third-order valence-electron chi connectivity index (χ3n) is 3.50. The molecule has 1 amide bonds. The van der Waals surface area contributed by atoms with Crippen molar-refractivity contribution in [1.29, 1.82) is 0 Å². The van der Waals surface area contributed by atoms with Gasteiger partial charge in [0.2, 0.25) is 0 Å². The van der Waals surface area contributed by atoms with Gasteiger partial charge in [-0.15, -0.1) is 11.3 Å². The number of hydrogen-bond acceptors (Lipinski definition) is 5. The number of pyridine rings is 1. The predicted molar refractivity (Wildman–Crippen MR) is 87.9 cm³/mol. The molecular weight excluding hydrogens is 310 g/mol. The fourth-order valence-corrected chi connectivity index (χ4v) is 2.88. The molecule has 6 nitrogen and oxygen atoms in total. The summed E-state index contributed by atoms with van der Waals surface area (Å²) >= 11 is 1.53. The smallest absolute Gasteiger partial charge is 0.273 e. The molecular formula is C16H17N5OS. The zero-order valence-corrected chi connectivity index (χ0v) is 13.8. The molecule has 0 bridgehead atoms. The van der Waals surface area contributed by atoms with E-state index in [1.807, 2.05) is 36.2 Å². The highest BCUT2D eigenvalue weighted by atomic mass is 32.1. The van der Waals surface area contributed by atoms with Crippen molar-refractivity contribution in [2.45, 2.75) is 20.0 Å². The molecule has 0 radical (unpaired) electrons. The van der Waals surface area contributed by atoms with Crippen molar-refractivity contribution in [1.82, 2.24) is 24.6 Å². The molecule has 7 heteroatoms. The maximum absolute atomic E-state index is 12.8. The molecule has 0 aliphatic heterocycles. The van der Waals surface area contributed by atoms with Gasteiger partial charge in [0.1, 0.15) is 10.7 Å². The van der Waals surface area contributed by atoms with Gasteiger partial charge in [0.25, 0.3) is 5.91 Å². The van der Waals surface area contributed by atoms with Gasteiger partial charge in [0, 0.05) is 30.5 Å². The van der Waals surface area contributed by atoms with E-state index in [-0.39, 0.29) is 5.91 Å². The molecule has 0 saturated carbocycles. The van der Waals surface area contributed by atoms with Gasteiger partial charge in [-0.1, -0.05) is 6.07 Å². The fraction of sp³-hybridized carbons (Fsp3) is 0.250. The number of aromatic nitrogens is 4. The Labute approximate surface area is 138 Å². The molecule has 0 aromatic carbocycles. The summed E-state index contributed by atoms with van der Waals surface area (Å²) in [6.07, 6.45) is 3.37. The van der Waals surface area contributed by atoms with Gasteiger partial charge in [0.05, 0.1) is 18.8 Å². The van der Waals surface area contributed by atoms with Gasteiger partial charge in [-0.3, -0.25) is 14.5 Å². The van der Waals surface area contributed by atoms with E-state index in [9.17, 15) is 4.79 Å². The molecule has 23 heavy (non-hydrogen) atoms. The SMILES string of the molecule is Cc1cc(CN(Cc2nccs2)C(=O)c2ccccn2)nn1C. The van der Waals surface area contributed by atoms with E-state index in [1.54, 1.807) is 29.4 Å². The van der Waals surface area contributed by atoms with Crippen LogP contribution in [0.1, 0.15) is 26.9 Å². The van der Waals surface area contributed by atoms with Gasteiger partial charge in [-0.05, 0) is 25.1 Å². The van der Waals surface area contributed by atoms with Crippen LogP contribution in [0.25, 0.3) is 0 Å². The lowest BCUT2D eigenvalue weighted by atomic mass is 10.3. The summed E-state index contributed by atoms with van der Waals surface area (Å²) in [5, 5.41) is 7.24. The van der Waals surface area contributed by atoms with Crippen LogP contribution in [0.5, 0.6) is 0 Å². The molecule has 0 saturated heterocycles. The molecule has 0 N–H and O–H groups in total. The van der Waals surface area contributed by atoms with Gasteiger partial charge < -0.3 is 4.90 Å². The summed E-state index contributed by atoms with van der Waals surface area (Å²) < 4.78 is 1.81. The van der Waals surface area contributed by atoms with E-state index in [0.29, 0.717) is 18.8 Å². The van der Waals surface area contributed by atoms with E-state index in [4.69, 9.17) is 0 Å². The molecule has 0 unspecified atom stereocenters. The first kappa shape index (κ1) is 15.4. The third-order valence-corrected chi connectivity index (χ3v) is 4.26. The number of carbonyl (C=O) groups is 1. The second-order valence-corrected chi connectivity index (χ2v) is 6.18. The number of aryl methyl sites for hydroxylation is 2. The van der Waals surface area contributed by atoms with Crippen LogP contribution in [0.4, 0.5) is 0 Å². The average Bonchev–Trinajstić information content (AvgIpc) is 3.17. The maximum Gasteiger partial charge on any atom is 0.273 e. The van der Waals surface area contributed by atoms with Gasteiger partial charge >= 0.3 is 0 Å². The van der Waals surface area contributed by atoms with Crippen LogP contribution >= 0.6 is 11.3 Å². The Kier molecular flexibility index (Phi) is 4.47. The van der Waals surface area contributed by atoms with Crippen molar-refractivity contribution >= 4 is 17.2 Å². The molecule has 0 aliphatic carbocycles. The minimum Gasteiger partial charge on any atom is -0.325 e. The molecule has 0 atom stereocenters. The Bertz CT molecular complexity index is 763. The van der Waals surface area contributed by atoms with Crippen molar-refractivity contribution in [3.8, 4) is 0 Å². The highest BCUT2D eigenvalue weighted by Crippen LogP contribution is 2.14. The Morgan fingerprint density at radius 2 is 2.13 bits per heavy atom. The van der Waals surface area contributed by atoms with Gasteiger partial charge in [-0.25, -0.2) is 4.98 Å². The summed E-state index contributed by atoms with van der Waals surface area (Å²) in [4.78, 5) is 22.9. The molecule has 3 aromatic rings. The van der Waals surface area contributed by atoms with Crippen LogP contribution in [0.2, 0.25) is 0 Å². The van der Waals surface area contributed by atoms with Crippen LogP contribution < -0.4 is 0 Å². The third kappa shape index (κ3) is 3.62. The van der Waals surface area contributed by atoms with E-state index in [0.717, 1.165) is 16.4 Å². The first-order chi connectivity index (χ1) is 11.1. The molecule has 0 spiro atoms. The van der Waals surface area contributed by atoms with Crippen molar-refractivity contribution in [3.05, 3.63) is 64.1 Å². The van der Waals surface area contributed by atoms with E-state index in [1.165, 1.54) is 11.3 Å². The quantitative estimate of drug-likeness (QED) is 0.722.